The van der Waals surface area contributed by atoms with Crippen molar-refractivity contribution in [3.8, 4) is 0 Å². The Morgan fingerprint density at radius 2 is 1.57 bits per heavy atom. The molecular formula is C22H25N3O3. The Labute approximate surface area is 164 Å². The van der Waals surface area contributed by atoms with Gasteiger partial charge in [-0.1, -0.05) is 24.3 Å². The lowest BCUT2D eigenvalue weighted by Crippen LogP contribution is -2.35. The molecule has 0 radical (unpaired) electrons. The number of benzene rings is 2. The van der Waals surface area contributed by atoms with Crippen molar-refractivity contribution in [3.05, 3.63) is 53.1 Å². The van der Waals surface area contributed by atoms with Crippen LogP contribution >= 0.6 is 0 Å². The van der Waals surface area contributed by atoms with E-state index >= 15 is 0 Å². The largest absolute Gasteiger partial charge is 0.318 e. The highest BCUT2D eigenvalue weighted by atomic mass is 16.2. The quantitative estimate of drug-likeness (QED) is 0.798. The van der Waals surface area contributed by atoms with Gasteiger partial charge >= 0.3 is 11.8 Å². The van der Waals surface area contributed by atoms with E-state index in [1.54, 1.807) is 17.0 Å². The minimum Gasteiger partial charge on any atom is -0.318 e. The Morgan fingerprint density at radius 1 is 0.893 bits per heavy atom. The Balaban J connectivity index is 1.74. The fraction of sp³-hybridized carbons (Fsp3) is 0.318. The van der Waals surface area contributed by atoms with E-state index < -0.39 is 11.8 Å². The third kappa shape index (κ3) is 4.22. The van der Waals surface area contributed by atoms with Crippen molar-refractivity contribution in [1.29, 1.82) is 0 Å². The topological polar surface area (TPSA) is 78.5 Å². The van der Waals surface area contributed by atoms with Crippen molar-refractivity contribution < 1.29 is 14.4 Å². The van der Waals surface area contributed by atoms with Gasteiger partial charge in [0.2, 0.25) is 5.91 Å². The zero-order chi connectivity index (χ0) is 20.3. The van der Waals surface area contributed by atoms with E-state index in [4.69, 9.17) is 0 Å². The highest BCUT2D eigenvalue weighted by molar-refractivity contribution is 6.43. The molecule has 1 aliphatic heterocycles. The van der Waals surface area contributed by atoms with Crippen LogP contribution in [0.25, 0.3) is 0 Å². The second kappa shape index (κ2) is 8.25. The summed E-state index contributed by atoms with van der Waals surface area (Å²) in [5.74, 6) is -1.39. The molecule has 0 bridgehead atoms. The molecular weight excluding hydrogens is 354 g/mol. The highest BCUT2D eigenvalue weighted by Gasteiger charge is 2.22. The molecule has 0 unspecified atom stereocenters. The van der Waals surface area contributed by atoms with E-state index in [1.807, 2.05) is 45.0 Å². The third-order valence-electron chi connectivity index (χ3n) is 5.01. The third-order valence-corrected chi connectivity index (χ3v) is 5.01. The normalized spacial score (nSPS) is 14.0. The van der Waals surface area contributed by atoms with Crippen LogP contribution in [0, 0.1) is 20.8 Å². The number of aryl methyl sites for hydroxylation is 3. The summed E-state index contributed by atoms with van der Waals surface area (Å²) >= 11 is 0. The van der Waals surface area contributed by atoms with Crippen LogP contribution in [0.4, 0.5) is 17.1 Å². The fourth-order valence-electron chi connectivity index (χ4n) is 3.41. The average Bonchev–Trinajstić information content (AvgIpc) is 2.67. The number of nitrogens with one attached hydrogen (secondary N) is 2. The number of hydrogen-bond acceptors (Lipinski definition) is 3. The van der Waals surface area contributed by atoms with Crippen LogP contribution in [0.15, 0.2) is 36.4 Å². The molecule has 3 amide bonds. The molecule has 2 N–H and O–H groups in total. The summed E-state index contributed by atoms with van der Waals surface area (Å²) in [6.07, 6.45) is 2.40. The van der Waals surface area contributed by atoms with Crippen LogP contribution in [0.5, 0.6) is 0 Å². The van der Waals surface area contributed by atoms with Crippen LogP contribution in [-0.4, -0.2) is 24.3 Å². The lowest BCUT2D eigenvalue weighted by atomic mass is 10.1. The van der Waals surface area contributed by atoms with Crippen LogP contribution in [0.3, 0.4) is 0 Å². The number of carbonyl (C=O) groups is 3. The molecule has 28 heavy (non-hydrogen) atoms. The number of nitrogens with zero attached hydrogens (tertiary/aromatic N) is 1. The molecule has 146 valence electrons. The van der Waals surface area contributed by atoms with Crippen molar-refractivity contribution in [1.82, 2.24) is 0 Å². The van der Waals surface area contributed by atoms with Gasteiger partial charge < -0.3 is 15.5 Å². The monoisotopic (exact) mass is 379 g/mol. The molecule has 1 heterocycles. The lowest BCUT2D eigenvalue weighted by Gasteiger charge is -2.28. The number of rotatable bonds is 3. The SMILES string of the molecule is Cc1ccc(NC(=O)C(=O)Nc2c(C)cccc2C)cc1N1CCCCC1=O. The maximum atomic E-state index is 12.4. The lowest BCUT2D eigenvalue weighted by molar-refractivity contribution is -0.133. The van der Waals surface area contributed by atoms with Gasteiger partial charge in [0.1, 0.15) is 0 Å². The second-order valence-electron chi connectivity index (χ2n) is 7.18. The summed E-state index contributed by atoms with van der Waals surface area (Å²) in [5, 5.41) is 5.31. The first-order chi connectivity index (χ1) is 13.4. The Kier molecular flexibility index (Phi) is 5.78. The number of anilines is 3. The highest BCUT2D eigenvalue weighted by Crippen LogP contribution is 2.28. The molecule has 3 rings (SSSR count). The van der Waals surface area contributed by atoms with E-state index in [1.165, 1.54) is 0 Å². The standard InChI is InChI=1S/C22H25N3O3/c1-14-10-11-17(13-18(14)25-12-5-4-9-19(25)26)23-21(27)22(28)24-20-15(2)7-6-8-16(20)3/h6-8,10-11,13H,4-5,9,12H2,1-3H3,(H,23,27)(H,24,28). The fourth-order valence-corrected chi connectivity index (χ4v) is 3.41. The van der Waals surface area contributed by atoms with Gasteiger partial charge in [-0.3, -0.25) is 14.4 Å². The van der Waals surface area contributed by atoms with Gasteiger partial charge in [-0.25, -0.2) is 0 Å². The number of hydrogen-bond donors (Lipinski definition) is 2. The van der Waals surface area contributed by atoms with Crippen molar-refractivity contribution in [2.45, 2.75) is 40.0 Å². The summed E-state index contributed by atoms with van der Waals surface area (Å²) in [6, 6.07) is 11.0. The van der Waals surface area contributed by atoms with E-state index in [-0.39, 0.29) is 5.91 Å². The molecule has 2 aromatic carbocycles. The maximum absolute atomic E-state index is 12.4. The zero-order valence-electron chi connectivity index (χ0n) is 16.5. The van der Waals surface area contributed by atoms with E-state index in [0.29, 0.717) is 24.3 Å². The van der Waals surface area contributed by atoms with E-state index in [0.717, 1.165) is 35.2 Å². The van der Waals surface area contributed by atoms with Crippen LogP contribution < -0.4 is 15.5 Å². The number of amides is 3. The van der Waals surface area contributed by atoms with Gasteiger partial charge in [-0.15, -0.1) is 0 Å². The first-order valence-corrected chi connectivity index (χ1v) is 9.46. The summed E-state index contributed by atoms with van der Waals surface area (Å²) in [7, 11) is 0. The predicted octanol–water partition coefficient (Wildman–Crippen LogP) is 3.71. The molecule has 1 fully saturated rings. The molecule has 6 heteroatoms. The average molecular weight is 379 g/mol. The minimum absolute atomic E-state index is 0.0885. The first-order valence-electron chi connectivity index (χ1n) is 9.46. The van der Waals surface area contributed by atoms with Crippen LogP contribution in [0.2, 0.25) is 0 Å². The molecule has 0 aliphatic carbocycles. The maximum Gasteiger partial charge on any atom is 0.314 e. The van der Waals surface area contributed by atoms with Crippen molar-refractivity contribution in [2.24, 2.45) is 0 Å². The van der Waals surface area contributed by atoms with Crippen LogP contribution in [-0.2, 0) is 14.4 Å². The smallest absolute Gasteiger partial charge is 0.314 e. The number of carbonyl (C=O) groups excluding carboxylic acids is 3. The summed E-state index contributed by atoms with van der Waals surface area (Å²) in [5.41, 5.74) is 4.64. The van der Waals surface area contributed by atoms with Crippen molar-refractivity contribution in [2.75, 3.05) is 22.1 Å². The summed E-state index contributed by atoms with van der Waals surface area (Å²) < 4.78 is 0. The molecule has 2 aromatic rings. The number of para-hydroxylation sites is 1. The molecule has 0 spiro atoms. The van der Waals surface area contributed by atoms with Gasteiger partial charge in [0.05, 0.1) is 0 Å². The Bertz CT molecular complexity index is 916. The zero-order valence-corrected chi connectivity index (χ0v) is 16.5. The molecule has 0 saturated carbocycles. The predicted molar refractivity (Wildman–Crippen MR) is 111 cm³/mol. The molecule has 0 aromatic heterocycles. The first kappa shape index (κ1) is 19.6. The molecule has 0 atom stereocenters. The van der Waals surface area contributed by atoms with E-state index in [9.17, 15) is 14.4 Å². The van der Waals surface area contributed by atoms with Crippen molar-refractivity contribution in [3.63, 3.8) is 0 Å². The molecule has 1 aliphatic rings. The van der Waals surface area contributed by atoms with Gasteiger partial charge in [-0.2, -0.15) is 0 Å². The van der Waals surface area contributed by atoms with Gasteiger partial charge in [0.25, 0.3) is 0 Å². The van der Waals surface area contributed by atoms with Gasteiger partial charge in [0, 0.05) is 30.0 Å². The van der Waals surface area contributed by atoms with Gasteiger partial charge in [-0.05, 0) is 62.4 Å². The van der Waals surface area contributed by atoms with E-state index in [2.05, 4.69) is 10.6 Å². The van der Waals surface area contributed by atoms with Crippen molar-refractivity contribution >= 4 is 34.8 Å². The Hall–Kier alpha value is -3.15. The molecule has 6 nitrogen and oxygen atoms in total. The Morgan fingerprint density at radius 3 is 2.25 bits per heavy atom. The molecule has 1 saturated heterocycles. The minimum atomic E-state index is -0.748. The number of piperidine rings is 1. The summed E-state index contributed by atoms with van der Waals surface area (Å²) in [4.78, 5) is 38.7. The summed E-state index contributed by atoms with van der Waals surface area (Å²) in [6.45, 7) is 6.35. The van der Waals surface area contributed by atoms with Crippen LogP contribution in [0.1, 0.15) is 36.0 Å². The van der Waals surface area contributed by atoms with Gasteiger partial charge in [0.15, 0.2) is 0 Å². The second-order valence-corrected chi connectivity index (χ2v) is 7.18.